The van der Waals surface area contributed by atoms with Crippen LogP contribution in [0.5, 0.6) is 0 Å². The molecule has 2 rings (SSSR count). The van der Waals surface area contributed by atoms with Crippen LogP contribution in [0.2, 0.25) is 0 Å². The van der Waals surface area contributed by atoms with E-state index in [1.54, 1.807) is 0 Å². The molecule has 1 aromatic heterocycles. The summed E-state index contributed by atoms with van der Waals surface area (Å²) in [5, 5.41) is 0. The molecular formula is C23H29NO3S. The molecule has 0 aliphatic heterocycles. The van der Waals surface area contributed by atoms with Crippen molar-refractivity contribution in [1.29, 1.82) is 0 Å². The summed E-state index contributed by atoms with van der Waals surface area (Å²) in [5.41, 5.74) is 1.08. The lowest BCUT2D eigenvalue weighted by Crippen LogP contribution is -2.37. The third-order valence-electron chi connectivity index (χ3n) is 4.90. The van der Waals surface area contributed by atoms with Gasteiger partial charge >= 0.3 is 0 Å². The van der Waals surface area contributed by atoms with Crippen molar-refractivity contribution in [2.75, 3.05) is 0 Å². The Morgan fingerprint density at radius 3 is 2.25 bits per heavy atom. The molecule has 0 aliphatic carbocycles. The average molecular weight is 400 g/mol. The molecule has 0 spiro atoms. The second-order valence-corrected chi connectivity index (χ2v) is 8.42. The highest BCUT2D eigenvalue weighted by atomic mass is 32.1. The van der Waals surface area contributed by atoms with Crippen molar-refractivity contribution in [2.24, 2.45) is 0 Å². The molecule has 0 bridgehead atoms. The van der Waals surface area contributed by atoms with E-state index in [2.05, 4.69) is 6.92 Å². The molecule has 1 unspecified atom stereocenters. The van der Waals surface area contributed by atoms with Crippen LogP contribution < -0.4 is 0 Å². The largest absolute Gasteiger partial charge is 0.336 e. The number of ketones is 2. The van der Waals surface area contributed by atoms with Crippen LogP contribution in [-0.4, -0.2) is 28.4 Å². The zero-order valence-corrected chi connectivity index (χ0v) is 17.8. The number of rotatable bonds is 11. The molecule has 150 valence electrons. The molecule has 0 fully saturated rings. The van der Waals surface area contributed by atoms with Crippen LogP contribution in [-0.2, 0) is 16.1 Å². The van der Waals surface area contributed by atoms with E-state index in [9.17, 15) is 14.4 Å². The van der Waals surface area contributed by atoms with E-state index >= 15 is 0 Å². The van der Waals surface area contributed by atoms with Gasteiger partial charge in [-0.2, -0.15) is 0 Å². The Hall–Kier alpha value is -2.27. The van der Waals surface area contributed by atoms with Gasteiger partial charge in [0.25, 0.3) is 0 Å². The van der Waals surface area contributed by atoms with Crippen molar-refractivity contribution in [3.63, 3.8) is 0 Å². The number of benzene rings is 1. The monoisotopic (exact) mass is 399 g/mol. The Morgan fingerprint density at radius 2 is 1.64 bits per heavy atom. The molecule has 0 N–H and O–H groups in total. The van der Waals surface area contributed by atoms with Gasteiger partial charge in [0.1, 0.15) is 5.78 Å². The Labute approximate surface area is 171 Å². The molecular weight excluding hydrogens is 370 g/mol. The maximum atomic E-state index is 12.7. The molecule has 4 nitrogen and oxygen atoms in total. The van der Waals surface area contributed by atoms with Crippen LogP contribution in [0.4, 0.5) is 0 Å². The van der Waals surface area contributed by atoms with Crippen molar-refractivity contribution in [2.45, 2.75) is 65.5 Å². The van der Waals surface area contributed by atoms with Gasteiger partial charge in [-0.05, 0) is 38.0 Å². The summed E-state index contributed by atoms with van der Waals surface area (Å²) in [7, 11) is 0. The van der Waals surface area contributed by atoms with Gasteiger partial charge in [-0.3, -0.25) is 14.4 Å². The average Bonchev–Trinajstić information content (AvgIpc) is 3.15. The summed E-state index contributed by atoms with van der Waals surface area (Å²) in [6.07, 6.45) is 1.66. The van der Waals surface area contributed by atoms with Gasteiger partial charge in [-0.25, -0.2) is 0 Å². The van der Waals surface area contributed by atoms with E-state index in [-0.39, 0.29) is 49.2 Å². The first-order chi connectivity index (χ1) is 13.4. The summed E-state index contributed by atoms with van der Waals surface area (Å²) >= 11 is 1.45. The maximum Gasteiger partial charge on any atom is 0.223 e. The minimum Gasteiger partial charge on any atom is -0.336 e. The van der Waals surface area contributed by atoms with E-state index < -0.39 is 0 Å². The molecule has 0 radical (unpaired) electrons. The molecule has 1 heterocycles. The number of Topliss-reactive ketones (excluding diaryl/α,β-unsaturated/α-hetero) is 2. The van der Waals surface area contributed by atoms with Crippen molar-refractivity contribution in [1.82, 2.24) is 4.90 Å². The standard InChI is InChI=1S/C23H29NO3S/c1-4-17(2)24(16-19-8-6-5-7-9-19)23(27)15-12-20(25)11-13-21(26)22-14-10-18(3)28-22/h5-10,14,17H,4,11-13,15-16H2,1-3H3. The number of thiophene rings is 1. The summed E-state index contributed by atoms with van der Waals surface area (Å²) in [6.45, 7) is 6.60. The number of amides is 1. The number of aryl methyl sites for hydroxylation is 1. The summed E-state index contributed by atoms with van der Waals surface area (Å²) in [5.74, 6) is -0.0337. The molecule has 28 heavy (non-hydrogen) atoms. The zero-order valence-electron chi connectivity index (χ0n) is 16.9. The van der Waals surface area contributed by atoms with Gasteiger partial charge in [-0.15, -0.1) is 11.3 Å². The van der Waals surface area contributed by atoms with E-state index in [4.69, 9.17) is 0 Å². The van der Waals surface area contributed by atoms with Crippen LogP contribution >= 0.6 is 11.3 Å². The first-order valence-electron chi connectivity index (χ1n) is 9.85. The minimum atomic E-state index is -0.0289. The molecule has 1 atom stereocenters. The van der Waals surface area contributed by atoms with E-state index in [1.807, 2.05) is 61.2 Å². The Kier molecular flexibility index (Phi) is 8.58. The Bertz CT molecular complexity index is 797. The molecule has 0 aliphatic rings. The summed E-state index contributed by atoms with van der Waals surface area (Å²) in [6, 6.07) is 13.7. The predicted molar refractivity (Wildman–Crippen MR) is 114 cm³/mol. The van der Waals surface area contributed by atoms with Crippen molar-refractivity contribution in [3.05, 3.63) is 57.8 Å². The third-order valence-corrected chi connectivity index (χ3v) is 5.94. The summed E-state index contributed by atoms with van der Waals surface area (Å²) in [4.78, 5) is 40.7. The first kappa shape index (κ1) is 22.0. The lowest BCUT2D eigenvalue weighted by Gasteiger charge is -2.29. The van der Waals surface area contributed by atoms with Crippen LogP contribution in [0.15, 0.2) is 42.5 Å². The summed E-state index contributed by atoms with van der Waals surface area (Å²) < 4.78 is 0. The number of nitrogens with zero attached hydrogens (tertiary/aromatic N) is 1. The molecule has 5 heteroatoms. The second-order valence-electron chi connectivity index (χ2n) is 7.14. The molecule has 2 aromatic rings. The maximum absolute atomic E-state index is 12.7. The van der Waals surface area contributed by atoms with Crippen molar-refractivity contribution in [3.8, 4) is 0 Å². The fraction of sp³-hybridized carbons (Fsp3) is 0.435. The van der Waals surface area contributed by atoms with Crippen LogP contribution in [0.1, 0.15) is 66.1 Å². The number of hydrogen-bond donors (Lipinski definition) is 0. The van der Waals surface area contributed by atoms with Crippen molar-refractivity contribution < 1.29 is 14.4 Å². The van der Waals surface area contributed by atoms with Gasteiger partial charge in [0.15, 0.2) is 5.78 Å². The predicted octanol–water partition coefficient (Wildman–Crippen LogP) is 5.20. The SMILES string of the molecule is CCC(C)N(Cc1ccccc1)C(=O)CCC(=O)CCC(=O)c1ccc(C)s1. The third kappa shape index (κ3) is 6.71. The van der Waals surface area contributed by atoms with Crippen LogP contribution in [0, 0.1) is 6.92 Å². The van der Waals surface area contributed by atoms with E-state index in [1.165, 1.54) is 11.3 Å². The smallest absolute Gasteiger partial charge is 0.223 e. The highest BCUT2D eigenvalue weighted by molar-refractivity contribution is 7.14. The normalized spacial score (nSPS) is 11.8. The van der Waals surface area contributed by atoms with E-state index in [0.717, 1.165) is 16.9 Å². The molecule has 1 aromatic carbocycles. The first-order valence-corrected chi connectivity index (χ1v) is 10.7. The lowest BCUT2D eigenvalue weighted by atomic mass is 10.1. The van der Waals surface area contributed by atoms with E-state index in [0.29, 0.717) is 11.4 Å². The zero-order chi connectivity index (χ0) is 20.5. The van der Waals surface area contributed by atoms with Gasteiger partial charge in [-0.1, -0.05) is 37.3 Å². The second kappa shape index (κ2) is 10.9. The van der Waals surface area contributed by atoms with Crippen LogP contribution in [0.25, 0.3) is 0 Å². The molecule has 1 amide bonds. The number of carbonyl (C=O) groups excluding carboxylic acids is 3. The van der Waals surface area contributed by atoms with Crippen LogP contribution in [0.3, 0.4) is 0 Å². The van der Waals surface area contributed by atoms with Gasteiger partial charge in [0.2, 0.25) is 5.91 Å². The highest BCUT2D eigenvalue weighted by Gasteiger charge is 2.20. The minimum absolute atomic E-state index is 0.00286. The topological polar surface area (TPSA) is 54.5 Å². The Balaban J connectivity index is 1.83. The van der Waals surface area contributed by atoms with Gasteiger partial charge in [0.05, 0.1) is 4.88 Å². The quantitative estimate of drug-likeness (QED) is 0.488. The fourth-order valence-electron chi connectivity index (χ4n) is 2.97. The highest BCUT2D eigenvalue weighted by Crippen LogP contribution is 2.18. The van der Waals surface area contributed by atoms with Gasteiger partial charge < -0.3 is 4.90 Å². The fourth-order valence-corrected chi connectivity index (χ4v) is 3.80. The van der Waals surface area contributed by atoms with Gasteiger partial charge in [0, 0.05) is 43.1 Å². The van der Waals surface area contributed by atoms with Crippen molar-refractivity contribution >= 4 is 28.8 Å². The molecule has 0 saturated heterocycles. The molecule has 0 saturated carbocycles. The Morgan fingerprint density at radius 1 is 0.964 bits per heavy atom. The number of hydrogen-bond acceptors (Lipinski definition) is 4. The number of carbonyl (C=O) groups is 3. The lowest BCUT2D eigenvalue weighted by molar-refractivity contribution is -0.135.